The first-order valence-electron chi connectivity index (χ1n) is 5.81. The number of anilines is 1. The van der Waals surface area contributed by atoms with Gasteiger partial charge in [-0.15, -0.1) is 0 Å². The Kier molecular flexibility index (Phi) is 3.23. The molecule has 5 nitrogen and oxygen atoms in total. The first-order valence-corrected chi connectivity index (χ1v) is 5.81. The van der Waals surface area contributed by atoms with E-state index in [1.807, 2.05) is 25.1 Å². The Balaban J connectivity index is 2.14. The number of nitrogens with one attached hydrogen (secondary N) is 2. The van der Waals surface area contributed by atoms with Crippen LogP contribution < -0.4 is 10.6 Å². The summed E-state index contributed by atoms with van der Waals surface area (Å²) in [6.07, 6.45) is 0.724. The van der Waals surface area contributed by atoms with Crippen LogP contribution >= 0.6 is 0 Å². The molecule has 2 rings (SSSR count). The molecule has 0 saturated heterocycles. The molecule has 1 amide bonds. The molecule has 0 aliphatic carbocycles. The molecule has 0 radical (unpaired) electrons. The minimum absolute atomic E-state index is 0.128. The van der Waals surface area contributed by atoms with Gasteiger partial charge in [0.15, 0.2) is 0 Å². The Morgan fingerprint density at radius 2 is 2.06 bits per heavy atom. The molecule has 1 atom stereocenters. The van der Waals surface area contributed by atoms with Gasteiger partial charge in [0, 0.05) is 12.1 Å². The van der Waals surface area contributed by atoms with Gasteiger partial charge < -0.3 is 15.4 Å². The van der Waals surface area contributed by atoms with E-state index in [-0.39, 0.29) is 18.3 Å². The molecule has 1 unspecified atom stereocenters. The summed E-state index contributed by atoms with van der Waals surface area (Å²) >= 11 is 0. The van der Waals surface area contributed by atoms with E-state index >= 15 is 0 Å². The van der Waals surface area contributed by atoms with Gasteiger partial charge in [0.1, 0.15) is 5.66 Å². The summed E-state index contributed by atoms with van der Waals surface area (Å²) in [6, 6.07) is 7.30. The van der Waals surface area contributed by atoms with Crippen molar-refractivity contribution in [3.63, 3.8) is 0 Å². The van der Waals surface area contributed by atoms with E-state index in [1.165, 1.54) is 7.11 Å². The van der Waals surface area contributed by atoms with Crippen molar-refractivity contribution < 1.29 is 14.3 Å². The molecular formula is C13H16N2O3. The van der Waals surface area contributed by atoms with Crippen LogP contribution in [0, 0.1) is 0 Å². The van der Waals surface area contributed by atoms with E-state index < -0.39 is 5.66 Å². The zero-order chi connectivity index (χ0) is 13.2. The van der Waals surface area contributed by atoms with Crippen LogP contribution in [0.15, 0.2) is 24.3 Å². The van der Waals surface area contributed by atoms with Crippen molar-refractivity contribution in [2.24, 2.45) is 0 Å². The van der Waals surface area contributed by atoms with E-state index in [1.54, 1.807) is 6.07 Å². The highest BCUT2D eigenvalue weighted by Gasteiger charge is 2.33. The smallest absolute Gasteiger partial charge is 0.305 e. The SMILES string of the molecule is COC(=O)CCC1(C)NC(=O)c2ccccc2N1. The van der Waals surface area contributed by atoms with E-state index in [4.69, 9.17) is 0 Å². The maximum absolute atomic E-state index is 11.9. The predicted octanol–water partition coefficient (Wildman–Crippen LogP) is 1.51. The van der Waals surface area contributed by atoms with Crippen LogP contribution in [0.4, 0.5) is 5.69 Å². The lowest BCUT2D eigenvalue weighted by Crippen LogP contribution is -2.55. The summed E-state index contributed by atoms with van der Waals surface area (Å²) in [7, 11) is 1.35. The van der Waals surface area contributed by atoms with Crippen molar-refractivity contribution in [2.75, 3.05) is 12.4 Å². The number of benzene rings is 1. The molecular weight excluding hydrogens is 232 g/mol. The van der Waals surface area contributed by atoms with E-state index in [0.29, 0.717) is 12.0 Å². The van der Waals surface area contributed by atoms with Gasteiger partial charge in [0.2, 0.25) is 0 Å². The summed E-state index contributed by atoms with van der Waals surface area (Å²) in [6.45, 7) is 1.85. The zero-order valence-electron chi connectivity index (χ0n) is 10.4. The second-order valence-electron chi connectivity index (χ2n) is 4.53. The standard InChI is InChI=1S/C13H16N2O3/c1-13(8-7-11(16)18-2)14-10-6-4-3-5-9(10)12(17)15-13/h3-6,14H,7-8H2,1-2H3,(H,15,17). The highest BCUT2D eigenvalue weighted by Crippen LogP contribution is 2.26. The Morgan fingerprint density at radius 3 is 2.78 bits per heavy atom. The lowest BCUT2D eigenvalue weighted by molar-refractivity contribution is -0.141. The molecule has 0 fully saturated rings. The second-order valence-corrected chi connectivity index (χ2v) is 4.53. The number of carbonyl (C=O) groups excluding carboxylic acids is 2. The number of fused-ring (bicyclic) bond motifs is 1. The van der Waals surface area contributed by atoms with Crippen molar-refractivity contribution in [2.45, 2.75) is 25.4 Å². The normalized spacial score (nSPS) is 21.6. The van der Waals surface area contributed by atoms with Gasteiger partial charge in [-0.25, -0.2) is 0 Å². The summed E-state index contributed by atoms with van der Waals surface area (Å²) in [5.41, 5.74) is 0.779. The number of rotatable bonds is 3. The summed E-state index contributed by atoms with van der Waals surface area (Å²) < 4.78 is 4.60. The minimum atomic E-state index is -0.625. The zero-order valence-corrected chi connectivity index (χ0v) is 10.4. The van der Waals surface area contributed by atoms with Gasteiger partial charge in [-0.2, -0.15) is 0 Å². The molecule has 1 aliphatic rings. The molecule has 18 heavy (non-hydrogen) atoms. The average Bonchev–Trinajstić information content (AvgIpc) is 2.36. The molecule has 1 aromatic rings. The fourth-order valence-electron chi connectivity index (χ4n) is 2.02. The molecule has 2 N–H and O–H groups in total. The number of ether oxygens (including phenoxy) is 1. The van der Waals surface area contributed by atoms with Crippen molar-refractivity contribution in [1.29, 1.82) is 0 Å². The van der Waals surface area contributed by atoms with Crippen LogP contribution in [0.1, 0.15) is 30.1 Å². The third-order valence-electron chi connectivity index (χ3n) is 3.03. The fourth-order valence-corrected chi connectivity index (χ4v) is 2.02. The fraction of sp³-hybridized carbons (Fsp3) is 0.385. The van der Waals surface area contributed by atoms with Gasteiger partial charge in [-0.1, -0.05) is 12.1 Å². The Morgan fingerprint density at radius 1 is 1.33 bits per heavy atom. The molecule has 0 bridgehead atoms. The summed E-state index contributed by atoms with van der Waals surface area (Å²) in [4.78, 5) is 23.1. The Hall–Kier alpha value is -2.04. The first-order chi connectivity index (χ1) is 8.54. The van der Waals surface area contributed by atoms with Crippen molar-refractivity contribution in [3.05, 3.63) is 29.8 Å². The largest absolute Gasteiger partial charge is 0.469 e. The second kappa shape index (κ2) is 4.68. The highest BCUT2D eigenvalue weighted by atomic mass is 16.5. The quantitative estimate of drug-likeness (QED) is 0.796. The van der Waals surface area contributed by atoms with Gasteiger partial charge in [0.25, 0.3) is 5.91 Å². The highest BCUT2D eigenvalue weighted by molar-refractivity contribution is 6.02. The van der Waals surface area contributed by atoms with Crippen LogP contribution in [-0.2, 0) is 9.53 Å². The van der Waals surface area contributed by atoms with E-state index in [2.05, 4.69) is 15.4 Å². The van der Waals surface area contributed by atoms with Gasteiger partial charge in [-0.3, -0.25) is 9.59 Å². The van der Waals surface area contributed by atoms with Crippen molar-refractivity contribution in [1.82, 2.24) is 5.32 Å². The van der Waals surface area contributed by atoms with Gasteiger partial charge in [-0.05, 0) is 25.5 Å². The van der Waals surface area contributed by atoms with Crippen molar-refractivity contribution >= 4 is 17.6 Å². The van der Waals surface area contributed by atoms with Crippen LogP contribution in [0.3, 0.4) is 0 Å². The number of amides is 1. The van der Waals surface area contributed by atoms with E-state index in [9.17, 15) is 9.59 Å². The third-order valence-corrected chi connectivity index (χ3v) is 3.03. The van der Waals surface area contributed by atoms with Crippen LogP contribution in [-0.4, -0.2) is 24.6 Å². The van der Waals surface area contributed by atoms with Crippen molar-refractivity contribution in [3.8, 4) is 0 Å². The first kappa shape index (κ1) is 12.4. The molecule has 0 aromatic heterocycles. The number of hydrogen-bond donors (Lipinski definition) is 2. The molecule has 0 spiro atoms. The lowest BCUT2D eigenvalue weighted by Gasteiger charge is -2.37. The monoisotopic (exact) mass is 248 g/mol. The number of methoxy groups -OCH3 is 1. The molecule has 1 heterocycles. The molecule has 1 aliphatic heterocycles. The number of carbonyl (C=O) groups is 2. The van der Waals surface area contributed by atoms with Crippen LogP contribution in [0.2, 0.25) is 0 Å². The number of esters is 1. The number of hydrogen-bond acceptors (Lipinski definition) is 4. The molecule has 0 saturated carbocycles. The summed E-state index contributed by atoms with van der Waals surface area (Å²) in [5.74, 6) is -0.414. The van der Waals surface area contributed by atoms with Crippen LogP contribution in [0.5, 0.6) is 0 Å². The van der Waals surface area contributed by atoms with Crippen LogP contribution in [0.25, 0.3) is 0 Å². The van der Waals surface area contributed by atoms with E-state index in [0.717, 1.165) is 5.69 Å². The Bertz CT molecular complexity index is 487. The number of para-hydroxylation sites is 1. The minimum Gasteiger partial charge on any atom is -0.469 e. The summed E-state index contributed by atoms with van der Waals surface area (Å²) in [5, 5.41) is 6.11. The predicted molar refractivity (Wildman–Crippen MR) is 67.2 cm³/mol. The molecule has 1 aromatic carbocycles. The third kappa shape index (κ3) is 2.45. The maximum Gasteiger partial charge on any atom is 0.305 e. The topological polar surface area (TPSA) is 67.4 Å². The van der Waals surface area contributed by atoms with Gasteiger partial charge >= 0.3 is 5.97 Å². The van der Waals surface area contributed by atoms with Gasteiger partial charge in [0.05, 0.1) is 12.7 Å². The molecule has 96 valence electrons. The average molecular weight is 248 g/mol. The lowest BCUT2D eigenvalue weighted by atomic mass is 9.99. The molecule has 5 heteroatoms. The Labute approximate surface area is 106 Å². The maximum atomic E-state index is 11.9.